The molecule has 0 bridgehead atoms. The van der Waals surface area contributed by atoms with Crippen LogP contribution in [0.3, 0.4) is 0 Å². The van der Waals surface area contributed by atoms with E-state index in [9.17, 15) is 9.59 Å². The number of hydrogen-bond acceptors (Lipinski definition) is 4. The third-order valence-corrected chi connectivity index (χ3v) is 1.11. The predicted molar refractivity (Wildman–Crippen MR) is 33.4 cm³/mol. The molecule has 0 saturated heterocycles. The van der Waals surface area contributed by atoms with Crippen LogP contribution in [0, 0.1) is 0 Å². The maximum absolute atomic E-state index is 10.5. The Labute approximate surface area is 58.5 Å². The van der Waals surface area contributed by atoms with Crippen molar-refractivity contribution in [2.75, 3.05) is 6.61 Å². The standard InChI is InChI=1S/C6H10O4/c1-2-4(8)6(10)5(9)3-7/h4,7-8H,2-3H2,1H3. The van der Waals surface area contributed by atoms with E-state index in [-0.39, 0.29) is 6.42 Å². The average molecular weight is 146 g/mol. The molecular formula is C6H10O4. The van der Waals surface area contributed by atoms with Crippen molar-refractivity contribution in [1.29, 1.82) is 0 Å². The van der Waals surface area contributed by atoms with Gasteiger partial charge >= 0.3 is 0 Å². The van der Waals surface area contributed by atoms with Crippen molar-refractivity contribution in [3.05, 3.63) is 0 Å². The number of carbonyl (C=O) groups excluding carboxylic acids is 2. The SMILES string of the molecule is CCC(O)C(=O)C(=O)CO. The summed E-state index contributed by atoms with van der Waals surface area (Å²) in [4.78, 5) is 20.9. The molecule has 0 saturated carbocycles. The Morgan fingerprint density at radius 3 is 2.30 bits per heavy atom. The van der Waals surface area contributed by atoms with Gasteiger partial charge in [0.05, 0.1) is 0 Å². The maximum Gasteiger partial charge on any atom is 0.229 e. The second-order valence-electron chi connectivity index (χ2n) is 1.87. The van der Waals surface area contributed by atoms with Crippen molar-refractivity contribution in [3.63, 3.8) is 0 Å². The molecule has 1 unspecified atom stereocenters. The van der Waals surface area contributed by atoms with Crippen molar-refractivity contribution >= 4 is 11.6 Å². The first-order chi connectivity index (χ1) is 4.63. The zero-order valence-corrected chi connectivity index (χ0v) is 5.70. The largest absolute Gasteiger partial charge is 0.388 e. The van der Waals surface area contributed by atoms with Crippen LogP contribution < -0.4 is 0 Å². The Bertz CT molecular complexity index is 141. The first-order valence-corrected chi connectivity index (χ1v) is 2.99. The fraction of sp³-hybridized carbons (Fsp3) is 0.667. The molecule has 0 heterocycles. The molecule has 0 aromatic carbocycles. The molecule has 1 atom stereocenters. The summed E-state index contributed by atoms with van der Waals surface area (Å²) < 4.78 is 0. The van der Waals surface area contributed by atoms with Crippen molar-refractivity contribution in [3.8, 4) is 0 Å². The summed E-state index contributed by atoms with van der Waals surface area (Å²) in [6, 6.07) is 0. The van der Waals surface area contributed by atoms with Gasteiger partial charge < -0.3 is 10.2 Å². The van der Waals surface area contributed by atoms with Crippen molar-refractivity contribution in [1.82, 2.24) is 0 Å². The van der Waals surface area contributed by atoms with Crippen LogP contribution in [0.4, 0.5) is 0 Å². The van der Waals surface area contributed by atoms with Gasteiger partial charge in [0.1, 0.15) is 12.7 Å². The highest BCUT2D eigenvalue weighted by molar-refractivity contribution is 6.39. The van der Waals surface area contributed by atoms with E-state index >= 15 is 0 Å². The van der Waals surface area contributed by atoms with E-state index in [0.717, 1.165) is 0 Å². The first-order valence-electron chi connectivity index (χ1n) is 2.99. The highest BCUT2D eigenvalue weighted by Crippen LogP contribution is 1.92. The zero-order chi connectivity index (χ0) is 8.15. The van der Waals surface area contributed by atoms with Gasteiger partial charge in [0.15, 0.2) is 0 Å². The maximum atomic E-state index is 10.5. The van der Waals surface area contributed by atoms with Gasteiger partial charge in [0.2, 0.25) is 11.6 Å². The highest BCUT2D eigenvalue weighted by atomic mass is 16.3. The van der Waals surface area contributed by atoms with Gasteiger partial charge in [-0.3, -0.25) is 9.59 Å². The molecule has 10 heavy (non-hydrogen) atoms. The van der Waals surface area contributed by atoms with Gasteiger partial charge in [-0.25, -0.2) is 0 Å². The van der Waals surface area contributed by atoms with Crippen LogP contribution in [0.15, 0.2) is 0 Å². The molecule has 0 amide bonds. The molecule has 0 spiro atoms. The minimum absolute atomic E-state index is 0.199. The molecule has 0 aromatic rings. The lowest BCUT2D eigenvalue weighted by atomic mass is 10.1. The van der Waals surface area contributed by atoms with Crippen molar-refractivity contribution in [2.45, 2.75) is 19.4 Å². The van der Waals surface area contributed by atoms with Crippen molar-refractivity contribution < 1.29 is 19.8 Å². The number of carbonyl (C=O) groups is 2. The van der Waals surface area contributed by atoms with Gasteiger partial charge in [-0.1, -0.05) is 6.92 Å². The third kappa shape index (κ3) is 2.24. The molecule has 2 N–H and O–H groups in total. The summed E-state index contributed by atoms with van der Waals surface area (Å²) in [5.74, 6) is -1.85. The lowest BCUT2D eigenvalue weighted by Crippen LogP contribution is -2.29. The molecule has 0 aliphatic heterocycles. The van der Waals surface area contributed by atoms with Crippen LogP contribution in [0.5, 0.6) is 0 Å². The Kier molecular flexibility index (Phi) is 3.83. The topological polar surface area (TPSA) is 74.6 Å². The number of rotatable bonds is 4. The zero-order valence-electron chi connectivity index (χ0n) is 5.70. The van der Waals surface area contributed by atoms with E-state index < -0.39 is 24.3 Å². The first kappa shape index (κ1) is 9.26. The second-order valence-corrected chi connectivity index (χ2v) is 1.87. The second kappa shape index (κ2) is 4.14. The smallest absolute Gasteiger partial charge is 0.229 e. The van der Waals surface area contributed by atoms with E-state index in [1.54, 1.807) is 6.92 Å². The van der Waals surface area contributed by atoms with Crippen LogP contribution >= 0.6 is 0 Å². The van der Waals surface area contributed by atoms with Crippen LogP contribution in [0.25, 0.3) is 0 Å². The molecule has 0 radical (unpaired) electrons. The minimum atomic E-state index is -1.25. The lowest BCUT2D eigenvalue weighted by molar-refractivity contribution is -0.143. The average Bonchev–Trinajstić information content (AvgIpc) is 2.00. The monoisotopic (exact) mass is 146 g/mol. The normalized spacial score (nSPS) is 12.7. The number of Topliss-reactive ketones (excluding diaryl/α,β-unsaturated/α-hetero) is 2. The summed E-state index contributed by atoms with van der Waals surface area (Å²) in [6.07, 6.45) is -1.05. The summed E-state index contributed by atoms with van der Waals surface area (Å²) in [7, 11) is 0. The fourth-order valence-electron chi connectivity index (χ4n) is 0.449. The van der Waals surface area contributed by atoms with E-state index in [4.69, 9.17) is 10.2 Å². The number of aliphatic hydroxyl groups excluding tert-OH is 2. The van der Waals surface area contributed by atoms with Crippen LogP contribution in [-0.2, 0) is 9.59 Å². The highest BCUT2D eigenvalue weighted by Gasteiger charge is 2.19. The Balaban J connectivity index is 3.95. The van der Waals surface area contributed by atoms with E-state index in [1.165, 1.54) is 0 Å². The van der Waals surface area contributed by atoms with Crippen LogP contribution in [0.1, 0.15) is 13.3 Å². The Morgan fingerprint density at radius 2 is 2.00 bits per heavy atom. The molecular weight excluding hydrogens is 136 g/mol. The van der Waals surface area contributed by atoms with E-state index in [0.29, 0.717) is 0 Å². The third-order valence-electron chi connectivity index (χ3n) is 1.11. The number of aliphatic hydroxyl groups is 2. The van der Waals surface area contributed by atoms with Gasteiger partial charge in [-0.05, 0) is 6.42 Å². The molecule has 0 aromatic heterocycles. The number of hydrogen-bond donors (Lipinski definition) is 2. The molecule has 4 heteroatoms. The molecule has 58 valence electrons. The Morgan fingerprint density at radius 1 is 1.50 bits per heavy atom. The lowest BCUT2D eigenvalue weighted by Gasteiger charge is -2.01. The molecule has 0 aliphatic carbocycles. The fourth-order valence-corrected chi connectivity index (χ4v) is 0.449. The summed E-state index contributed by atoms with van der Waals surface area (Å²) in [5, 5.41) is 16.9. The summed E-state index contributed by atoms with van der Waals surface area (Å²) in [6.45, 7) is 0.753. The molecule has 0 fully saturated rings. The van der Waals surface area contributed by atoms with Crippen LogP contribution in [0.2, 0.25) is 0 Å². The minimum Gasteiger partial charge on any atom is -0.388 e. The van der Waals surface area contributed by atoms with Gasteiger partial charge in [0, 0.05) is 0 Å². The quantitative estimate of drug-likeness (QED) is 0.493. The van der Waals surface area contributed by atoms with Gasteiger partial charge in [-0.2, -0.15) is 0 Å². The van der Waals surface area contributed by atoms with Gasteiger partial charge in [-0.15, -0.1) is 0 Å². The predicted octanol–water partition coefficient (Wildman–Crippen LogP) is -1.11. The van der Waals surface area contributed by atoms with Crippen LogP contribution in [-0.4, -0.2) is 34.5 Å². The Hall–Kier alpha value is -0.740. The van der Waals surface area contributed by atoms with Crippen molar-refractivity contribution in [2.24, 2.45) is 0 Å². The molecule has 0 rings (SSSR count). The van der Waals surface area contributed by atoms with E-state index in [2.05, 4.69) is 0 Å². The summed E-state index contributed by atoms with van der Waals surface area (Å²) >= 11 is 0. The summed E-state index contributed by atoms with van der Waals surface area (Å²) in [5.41, 5.74) is 0. The molecule has 4 nitrogen and oxygen atoms in total. The van der Waals surface area contributed by atoms with E-state index in [1.807, 2.05) is 0 Å². The number of ketones is 2. The molecule has 0 aliphatic rings. The van der Waals surface area contributed by atoms with Gasteiger partial charge in [0.25, 0.3) is 0 Å².